The summed E-state index contributed by atoms with van der Waals surface area (Å²) < 4.78 is 1.97. The molecule has 0 spiro atoms. The number of anilines is 1. The second-order valence-corrected chi connectivity index (χ2v) is 8.62. The fraction of sp³-hybridized carbons (Fsp3) is 0.545. The van der Waals surface area contributed by atoms with Gasteiger partial charge in [0, 0.05) is 50.2 Å². The molecule has 1 fully saturated rings. The zero-order chi connectivity index (χ0) is 19.4. The number of amides is 1. The molecule has 1 N–H and O–H groups in total. The number of hydrogen-bond acceptors (Lipinski definition) is 3. The highest BCUT2D eigenvalue weighted by atomic mass is 16.1. The second-order valence-electron chi connectivity index (χ2n) is 8.62. The second kappa shape index (κ2) is 8.15. The van der Waals surface area contributed by atoms with Gasteiger partial charge in [-0.1, -0.05) is 32.9 Å². The van der Waals surface area contributed by atoms with E-state index in [1.165, 1.54) is 11.3 Å². The van der Waals surface area contributed by atoms with Gasteiger partial charge in [0.05, 0.1) is 6.33 Å². The molecular weight excluding hydrogens is 336 g/mol. The van der Waals surface area contributed by atoms with E-state index in [4.69, 9.17) is 0 Å². The largest absolute Gasteiger partial charge is 0.371 e. The molecule has 27 heavy (non-hydrogen) atoms. The van der Waals surface area contributed by atoms with Gasteiger partial charge in [0.2, 0.25) is 5.91 Å². The lowest BCUT2D eigenvalue weighted by atomic mass is 9.87. The van der Waals surface area contributed by atoms with Gasteiger partial charge in [0.15, 0.2) is 0 Å². The molecule has 1 saturated heterocycles. The molecule has 0 unspecified atom stereocenters. The van der Waals surface area contributed by atoms with Crippen LogP contribution in [0.4, 0.5) is 5.69 Å². The monoisotopic (exact) mass is 368 g/mol. The summed E-state index contributed by atoms with van der Waals surface area (Å²) in [4.78, 5) is 18.8. The van der Waals surface area contributed by atoms with Crippen LogP contribution in [0.25, 0.3) is 0 Å². The Kier molecular flexibility index (Phi) is 5.88. The van der Waals surface area contributed by atoms with Crippen molar-refractivity contribution in [3.8, 4) is 0 Å². The molecule has 0 aliphatic carbocycles. The molecule has 1 aliphatic rings. The van der Waals surface area contributed by atoms with E-state index in [0.717, 1.165) is 38.0 Å². The highest BCUT2D eigenvalue weighted by molar-refractivity contribution is 5.76. The summed E-state index contributed by atoms with van der Waals surface area (Å²) >= 11 is 0. The van der Waals surface area contributed by atoms with Crippen molar-refractivity contribution in [1.82, 2.24) is 14.9 Å². The van der Waals surface area contributed by atoms with Crippen LogP contribution in [0.15, 0.2) is 36.8 Å². The number of nitrogens with one attached hydrogen (secondary N) is 1. The number of carbonyl (C=O) groups is 1. The van der Waals surface area contributed by atoms with E-state index >= 15 is 0 Å². The summed E-state index contributed by atoms with van der Waals surface area (Å²) in [6.07, 6.45) is 6.86. The fourth-order valence-corrected chi connectivity index (χ4v) is 3.62. The lowest BCUT2D eigenvalue weighted by Gasteiger charge is -2.34. The third-order valence-corrected chi connectivity index (χ3v) is 5.48. The quantitative estimate of drug-likeness (QED) is 0.880. The number of piperidine rings is 1. The Balaban J connectivity index is 1.44. The zero-order valence-electron chi connectivity index (χ0n) is 17.0. The first-order chi connectivity index (χ1) is 12.8. The number of hydrogen-bond donors (Lipinski definition) is 1. The molecule has 5 nitrogen and oxygen atoms in total. The Hall–Kier alpha value is -2.30. The topological polar surface area (TPSA) is 50.2 Å². The van der Waals surface area contributed by atoms with Crippen LogP contribution < -0.4 is 10.2 Å². The highest BCUT2D eigenvalue weighted by Crippen LogP contribution is 2.26. The molecule has 3 rings (SSSR count). The molecule has 0 atom stereocenters. The van der Waals surface area contributed by atoms with E-state index in [-0.39, 0.29) is 17.4 Å². The molecule has 1 aromatic heterocycles. The number of aryl methyl sites for hydroxylation is 2. The van der Waals surface area contributed by atoms with Crippen molar-refractivity contribution in [3.05, 3.63) is 48.0 Å². The van der Waals surface area contributed by atoms with Gasteiger partial charge < -0.3 is 14.8 Å². The number of imidazole rings is 1. The normalized spacial score (nSPS) is 15.8. The number of benzene rings is 1. The van der Waals surface area contributed by atoms with Crippen molar-refractivity contribution in [2.75, 3.05) is 18.0 Å². The highest BCUT2D eigenvalue weighted by Gasteiger charge is 2.21. The molecule has 0 radical (unpaired) electrons. The maximum atomic E-state index is 12.2. The molecule has 1 amide bonds. The Morgan fingerprint density at radius 1 is 1.19 bits per heavy atom. The van der Waals surface area contributed by atoms with Crippen molar-refractivity contribution < 1.29 is 4.79 Å². The Bertz CT molecular complexity index is 749. The van der Waals surface area contributed by atoms with Crippen molar-refractivity contribution in [1.29, 1.82) is 0 Å². The first-order valence-electron chi connectivity index (χ1n) is 9.93. The van der Waals surface area contributed by atoms with Crippen molar-refractivity contribution in [2.45, 2.75) is 57.9 Å². The summed E-state index contributed by atoms with van der Waals surface area (Å²) in [5.74, 6) is 0.143. The fourth-order valence-electron chi connectivity index (χ4n) is 3.62. The summed E-state index contributed by atoms with van der Waals surface area (Å²) in [5.41, 5.74) is 3.93. The van der Waals surface area contributed by atoms with Gasteiger partial charge in [-0.05, 0) is 42.4 Å². The first kappa shape index (κ1) is 19.5. The van der Waals surface area contributed by atoms with Gasteiger partial charge in [-0.3, -0.25) is 4.79 Å². The third-order valence-electron chi connectivity index (χ3n) is 5.48. The first-order valence-corrected chi connectivity index (χ1v) is 9.93. The van der Waals surface area contributed by atoms with E-state index in [1.807, 2.05) is 17.8 Å². The third kappa shape index (κ3) is 5.12. The van der Waals surface area contributed by atoms with Gasteiger partial charge in [-0.15, -0.1) is 0 Å². The van der Waals surface area contributed by atoms with Gasteiger partial charge in [0.1, 0.15) is 0 Å². The lowest BCUT2D eigenvalue weighted by Crippen LogP contribution is -2.44. The number of nitrogens with zero attached hydrogens (tertiary/aromatic N) is 3. The molecular formula is C22H32N4O. The Morgan fingerprint density at radius 3 is 2.41 bits per heavy atom. The van der Waals surface area contributed by atoms with E-state index in [1.54, 1.807) is 6.33 Å². The van der Waals surface area contributed by atoms with E-state index in [0.29, 0.717) is 6.42 Å². The molecule has 0 bridgehead atoms. The minimum Gasteiger partial charge on any atom is -0.371 e. The van der Waals surface area contributed by atoms with E-state index < -0.39 is 0 Å². The number of aromatic nitrogens is 2. The average Bonchev–Trinajstić information content (AvgIpc) is 3.05. The predicted molar refractivity (Wildman–Crippen MR) is 110 cm³/mol. The smallest absolute Gasteiger partial charge is 0.220 e. The number of rotatable bonds is 5. The molecule has 2 heterocycles. The van der Waals surface area contributed by atoms with Crippen LogP contribution in [-0.4, -0.2) is 34.6 Å². The SMILES string of the molecule is Cn1cncc1CCC(=O)NC1CCN(c2ccc(C(C)(C)C)cc2)CC1. The van der Waals surface area contributed by atoms with Crippen molar-refractivity contribution in [3.63, 3.8) is 0 Å². The van der Waals surface area contributed by atoms with Gasteiger partial charge in [0.25, 0.3) is 0 Å². The minimum absolute atomic E-state index is 0.143. The molecule has 1 aromatic carbocycles. The van der Waals surface area contributed by atoms with Crippen LogP contribution in [0.3, 0.4) is 0 Å². The van der Waals surface area contributed by atoms with Gasteiger partial charge >= 0.3 is 0 Å². The summed E-state index contributed by atoms with van der Waals surface area (Å²) in [5, 5.41) is 3.21. The molecule has 0 saturated carbocycles. The van der Waals surface area contributed by atoms with Crippen molar-refractivity contribution in [2.24, 2.45) is 7.05 Å². The zero-order valence-corrected chi connectivity index (χ0v) is 17.0. The van der Waals surface area contributed by atoms with E-state index in [2.05, 4.69) is 60.2 Å². The van der Waals surface area contributed by atoms with Crippen LogP contribution >= 0.6 is 0 Å². The molecule has 5 heteroatoms. The van der Waals surface area contributed by atoms with Crippen LogP contribution in [0, 0.1) is 0 Å². The van der Waals surface area contributed by atoms with Crippen LogP contribution in [0.2, 0.25) is 0 Å². The number of carbonyl (C=O) groups excluding carboxylic acids is 1. The minimum atomic E-state index is 0.143. The molecule has 146 valence electrons. The van der Waals surface area contributed by atoms with E-state index in [9.17, 15) is 4.79 Å². The van der Waals surface area contributed by atoms with Crippen molar-refractivity contribution >= 4 is 11.6 Å². The summed E-state index contributed by atoms with van der Waals surface area (Å²) in [6.45, 7) is 8.70. The predicted octanol–water partition coefficient (Wildman–Crippen LogP) is 3.44. The van der Waals surface area contributed by atoms with Crippen LogP contribution in [0.1, 0.15) is 51.3 Å². The lowest BCUT2D eigenvalue weighted by molar-refractivity contribution is -0.121. The van der Waals surface area contributed by atoms with Gasteiger partial charge in [-0.2, -0.15) is 0 Å². The van der Waals surface area contributed by atoms with Crippen LogP contribution in [0.5, 0.6) is 0 Å². The summed E-state index contributed by atoms with van der Waals surface area (Å²) in [7, 11) is 1.96. The maximum absolute atomic E-state index is 12.2. The maximum Gasteiger partial charge on any atom is 0.220 e. The Morgan fingerprint density at radius 2 is 1.85 bits per heavy atom. The Labute approximate surface area is 162 Å². The van der Waals surface area contributed by atoms with Crippen LogP contribution in [-0.2, 0) is 23.7 Å². The van der Waals surface area contributed by atoms with Gasteiger partial charge in [-0.25, -0.2) is 4.98 Å². The average molecular weight is 369 g/mol. The molecule has 1 aliphatic heterocycles. The molecule has 2 aromatic rings. The standard InChI is InChI=1S/C22H32N4O/c1-22(2,3)17-5-7-19(8-6-17)26-13-11-18(12-14-26)24-21(27)10-9-20-15-23-16-25(20)4/h5-8,15-16,18H,9-14H2,1-4H3,(H,24,27). The summed E-state index contributed by atoms with van der Waals surface area (Å²) in [6, 6.07) is 9.22.